The number of allylic oxidation sites excluding steroid dienone is 2. The molecule has 0 aliphatic rings. The van der Waals surface area contributed by atoms with Crippen LogP contribution in [0.3, 0.4) is 0 Å². The summed E-state index contributed by atoms with van der Waals surface area (Å²) in [6.07, 6.45) is 0. The summed E-state index contributed by atoms with van der Waals surface area (Å²) in [7, 11) is 3.64. The number of nitrogens with one attached hydrogen (secondary N) is 1. The highest BCUT2D eigenvalue weighted by Crippen LogP contribution is 1.99. The largest absolute Gasteiger partial charge is 0.511 e. The van der Waals surface area contributed by atoms with Crippen LogP contribution < -0.4 is 5.43 Å². The molecule has 9 heavy (non-hydrogen) atoms. The van der Waals surface area contributed by atoms with Crippen LogP contribution in [0.5, 0.6) is 0 Å². The third-order valence-electron chi connectivity index (χ3n) is 1.36. The summed E-state index contributed by atoms with van der Waals surface area (Å²) in [6.45, 7) is 3.50. The Labute approximate surface area is 55.9 Å². The van der Waals surface area contributed by atoms with Crippen molar-refractivity contribution in [1.82, 2.24) is 10.4 Å². The molecule has 0 amide bonds. The number of hydrogen-bond donors (Lipinski definition) is 2. The third kappa shape index (κ3) is 2.37. The van der Waals surface area contributed by atoms with Crippen LogP contribution in [0.2, 0.25) is 0 Å². The SMILES string of the molecule is CNN(C)/C(C)=C(/C)O. The summed E-state index contributed by atoms with van der Waals surface area (Å²) in [5.41, 5.74) is 3.69. The van der Waals surface area contributed by atoms with Crippen molar-refractivity contribution < 1.29 is 5.11 Å². The highest BCUT2D eigenvalue weighted by molar-refractivity contribution is 4.98. The van der Waals surface area contributed by atoms with Crippen LogP contribution in [0.4, 0.5) is 0 Å². The van der Waals surface area contributed by atoms with Gasteiger partial charge in [-0.3, -0.25) is 0 Å². The second-order valence-corrected chi connectivity index (χ2v) is 1.95. The smallest absolute Gasteiger partial charge is 0.109 e. The molecule has 2 N–H and O–H groups in total. The van der Waals surface area contributed by atoms with Gasteiger partial charge in [0.15, 0.2) is 0 Å². The van der Waals surface area contributed by atoms with E-state index < -0.39 is 0 Å². The van der Waals surface area contributed by atoms with Crippen LogP contribution in [0.15, 0.2) is 11.5 Å². The van der Waals surface area contributed by atoms with Gasteiger partial charge in [0.25, 0.3) is 0 Å². The Morgan fingerprint density at radius 1 is 1.44 bits per heavy atom. The molecule has 0 radical (unpaired) electrons. The van der Waals surface area contributed by atoms with Crippen LogP contribution in [0, 0.1) is 0 Å². The Morgan fingerprint density at radius 3 is 2.00 bits per heavy atom. The van der Waals surface area contributed by atoms with Crippen LogP contribution in [0.1, 0.15) is 13.8 Å². The molecule has 0 fully saturated rings. The average Bonchev–Trinajstić information content (AvgIpc) is 1.84. The minimum Gasteiger partial charge on any atom is -0.511 e. The van der Waals surface area contributed by atoms with E-state index in [1.54, 1.807) is 19.0 Å². The van der Waals surface area contributed by atoms with Crippen LogP contribution >= 0.6 is 0 Å². The van der Waals surface area contributed by atoms with Crippen molar-refractivity contribution in [2.75, 3.05) is 14.1 Å². The van der Waals surface area contributed by atoms with Crippen molar-refractivity contribution in [3.05, 3.63) is 11.5 Å². The molecule has 0 unspecified atom stereocenters. The fraction of sp³-hybridized carbons (Fsp3) is 0.667. The molecule has 54 valence electrons. The molecule has 3 nitrogen and oxygen atoms in total. The lowest BCUT2D eigenvalue weighted by Gasteiger charge is -2.17. The van der Waals surface area contributed by atoms with Gasteiger partial charge in [0.1, 0.15) is 5.76 Å². The maximum absolute atomic E-state index is 8.92. The lowest BCUT2D eigenvalue weighted by molar-refractivity contribution is 0.296. The summed E-state index contributed by atoms with van der Waals surface area (Å²) < 4.78 is 0. The molecule has 0 spiro atoms. The molecule has 0 aromatic carbocycles. The van der Waals surface area contributed by atoms with Crippen molar-refractivity contribution in [1.29, 1.82) is 0 Å². The van der Waals surface area contributed by atoms with Gasteiger partial charge in [-0.15, -0.1) is 0 Å². The molecule has 0 bridgehead atoms. The van der Waals surface area contributed by atoms with Crippen LogP contribution in [0.25, 0.3) is 0 Å². The Balaban J connectivity index is 4.02. The summed E-state index contributed by atoms with van der Waals surface area (Å²) in [5, 5.41) is 10.7. The van der Waals surface area contributed by atoms with Gasteiger partial charge in [-0.1, -0.05) is 0 Å². The van der Waals surface area contributed by atoms with Gasteiger partial charge in [-0.2, -0.15) is 0 Å². The summed E-state index contributed by atoms with van der Waals surface area (Å²) in [4.78, 5) is 0. The predicted octanol–water partition coefficient (Wildman–Crippen LogP) is 0.862. The van der Waals surface area contributed by atoms with Gasteiger partial charge in [0, 0.05) is 14.1 Å². The Hall–Kier alpha value is -0.700. The van der Waals surface area contributed by atoms with E-state index in [-0.39, 0.29) is 0 Å². The highest BCUT2D eigenvalue weighted by Gasteiger charge is 1.96. The van der Waals surface area contributed by atoms with Gasteiger partial charge in [0.05, 0.1) is 5.70 Å². The van der Waals surface area contributed by atoms with E-state index in [2.05, 4.69) is 5.43 Å². The first kappa shape index (κ1) is 8.30. The van der Waals surface area contributed by atoms with E-state index in [4.69, 9.17) is 5.11 Å². The minimum absolute atomic E-state index is 0.340. The first-order chi connectivity index (χ1) is 4.09. The number of rotatable bonds is 2. The van der Waals surface area contributed by atoms with Gasteiger partial charge >= 0.3 is 0 Å². The van der Waals surface area contributed by atoms with E-state index in [0.717, 1.165) is 5.70 Å². The Bertz CT molecular complexity index is 116. The predicted molar refractivity (Wildman–Crippen MR) is 37.8 cm³/mol. The maximum Gasteiger partial charge on any atom is 0.109 e. The highest BCUT2D eigenvalue weighted by atomic mass is 16.3. The monoisotopic (exact) mass is 130 g/mol. The van der Waals surface area contributed by atoms with Crippen LogP contribution in [-0.4, -0.2) is 24.2 Å². The number of aliphatic hydroxyl groups excluding tert-OH is 1. The van der Waals surface area contributed by atoms with Gasteiger partial charge in [-0.25, -0.2) is 5.43 Å². The Morgan fingerprint density at radius 2 is 1.89 bits per heavy atom. The zero-order valence-corrected chi connectivity index (χ0v) is 6.39. The van der Waals surface area contributed by atoms with Crippen LogP contribution in [-0.2, 0) is 0 Å². The lowest BCUT2D eigenvalue weighted by atomic mass is 10.4. The van der Waals surface area contributed by atoms with E-state index in [1.165, 1.54) is 0 Å². The van der Waals surface area contributed by atoms with Crippen molar-refractivity contribution in [3.8, 4) is 0 Å². The second kappa shape index (κ2) is 3.35. The molecule has 0 saturated carbocycles. The van der Waals surface area contributed by atoms with Gasteiger partial charge in [-0.05, 0) is 13.8 Å². The molecule has 0 heterocycles. The summed E-state index contributed by atoms with van der Waals surface area (Å²) >= 11 is 0. The molecular formula is C6H14N2O. The van der Waals surface area contributed by atoms with Gasteiger partial charge < -0.3 is 10.1 Å². The minimum atomic E-state index is 0.340. The zero-order valence-electron chi connectivity index (χ0n) is 6.39. The average molecular weight is 130 g/mol. The van der Waals surface area contributed by atoms with E-state index in [9.17, 15) is 0 Å². The van der Waals surface area contributed by atoms with Crippen molar-refractivity contribution in [3.63, 3.8) is 0 Å². The lowest BCUT2D eigenvalue weighted by Crippen LogP contribution is -2.29. The molecule has 0 aromatic rings. The normalized spacial score (nSPS) is 12.9. The van der Waals surface area contributed by atoms with Crippen molar-refractivity contribution in [2.24, 2.45) is 0 Å². The first-order valence-electron chi connectivity index (χ1n) is 2.87. The number of aliphatic hydroxyl groups is 1. The topological polar surface area (TPSA) is 35.5 Å². The second-order valence-electron chi connectivity index (χ2n) is 1.95. The third-order valence-corrected chi connectivity index (χ3v) is 1.36. The zero-order chi connectivity index (χ0) is 7.44. The maximum atomic E-state index is 8.92. The molecule has 0 aromatic heterocycles. The van der Waals surface area contributed by atoms with Crippen molar-refractivity contribution >= 4 is 0 Å². The standard InChI is InChI=1S/C6H14N2O/c1-5(6(2)9)8(4)7-3/h7,9H,1-4H3/b6-5-. The molecule has 0 saturated heterocycles. The fourth-order valence-electron chi connectivity index (χ4n) is 0.410. The van der Waals surface area contributed by atoms with Crippen molar-refractivity contribution in [2.45, 2.75) is 13.8 Å². The number of nitrogens with zero attached hydrogens (tertiary/aromatic N) is 1. The molecule has 0 aliphatic carbocycles. The molecule has 0 atom stereocenters. The molecule has 0 rings (SSSR count). The Kier molecular flexibility index (Phi) is 3.09. The summed E-state index contributed by atoms with van der Waals surface area (Å²) in [5.74, 6) is 0.340. The molecular weight excluding hydrogens is 116 g/mol. The fourth-order valence-corrected chi connectivity index (χ4v) is 0.410. The number of hydrogen-bond acceptors (Lipinski definition) is 3. The quantitative estimate of drug-likeness (QED) is 0.430. The first-order valence-corrected chi connectivity index (χ1v) is 2.87. The van der Waals surface area contributed by atoms with E-state index >= 15 is 0 Å². The summed E-state index contributed by atoms with van der Waals surface area (Å²) in [6, 6.07) is 0. The van der Waals surface area contributed by atoms with Gasteiger partial charge in [0.2, 0.25) is 0 Å². The number of hydrazine groups is 1. The molecule has 0 aliphatic heterocycles. The van der Waals surface area contributed by atoms with E-state index in [0.29, 0.717) is 5.76 Å². The van der Waals surface area contributed by atoms with E-state index in [1.807, 2.05) is 14.0 Å². The molecule has 3 heteroatoms.